The van der Waals surface area contributed by atoms with E-state index in [0.29, 0.717) is 47.0 Å². The normalized spacial score (nSPS) is 12.7. The molecule has 0 radical (unpaired) electrons. The monoisotopic (exact) mass is 428 g/mol. The van der Waals surface area contributed by atoms with E-state index in [1.807, 2.05) is 0 Å². The first-order valence-electron chi connectivity index (χ1n) is 9.60. The minimum absolute atomic E-state index is 0.121. The molecule has 158 valence electrons. The minimum atomic E-state index is -0.226. The summed E-state index contributed by atoms with van der Waals surface area (Å²) in [7, 11) is 3.10. The van der Waals surface area contributed by atoms with Crippen molar-refractivity contribution >= 4 is 35.2 Å². The van der Waals surface area contributed by atoms with Gasteiger partial charge in [-0.2, -0.15) is 11.8 Å². The van der Waals surface area contributed by atoms with Crippen molar-refractivity contribution in [2.75, 3.05) is 37.6 Å². The first-order valence-corrected chi connectivity index (χ1v) is 10.8. The highest BCUT2D eigenvalue weighted by Crippen LogP contribution is 2.29. The van der Waals surface area contributed by atoms with Crippen molar-refractivity contribution in [3.05, 3.63) is 53.6 Å². The van der Waals surface area contributed by atoms with E-state index in [1.54, 1.807) is 49.6 Å². The van der Waals surface area contributed by atoms with E-state index < -0.39 is 0 Å². The Balaban J connectivity index is 1.37. The average molecular weight is 429 g/mol. The van der Waals surface area contributed by atoms with E-state index in [1.165, 1.54) is 23.8 Å². The van der Waals surface area contributed by atoms with Gasteiger partial charge in [-0.15, -0.1) is 0 Å². The van der Waals surface area contributed by atoms with Gasteiger partial charge in [0.25, 0.3) is 11.8 Å². The molecule has 3 amide bonds. The van der Waals surface area contributed by atoms with E-state index in [-0.39, 0.29) is 17.7 Å². The maximum absolute atomic E-state index is 12.3. The number of carbonyl (C=O) groups excluding carboxylic acids is 3. The second-order valence-electron chi connectivity index (χ2n) is 6.68. The van der Waals surface area contributed by atoms with Crippen LogP contribution in [0.5, 0.6) is 11.5 Å². The molecule has 1 aliphatic rings. The van der Waals surface area contributed by atoms with Crippen LogP contribution in [0.25, 0.3) is 0 Å². The zero-order valence-electron chi connectivity index (χ0n) is 17.0. The van der Waals surface area contributed by atoms with Gasteiger partial charge in [0.15, 0.2) is 0 Å². The van der Waals surface area contributed by atoms with E-state index in [9.17, 15) is 14.4 Å². The lowest BCUT2D eigenvalue weighted by Gasteiger charge is -2.13. The number of methoxy groups -OCH3 is 2. The summed E-state index contributed by atoms with van der Waals surface area (Å²) in [6.07, 6.45) is 1.50. The van der Waals surface area contributed by atoms with Crippen LogP contribution in [0.2, 0.25) is 0 Å². The summed E-state index contributed by atoms with van der Waals surface area (Å²) in [5, 5.41) is 2.83. The van der Waals surface area contributed by atoms with Crippen molar-refractivity contribution in [2.45, 2.75) is 12.8 Å². The third kappa shape index (κ3) is 4.94. The molecule has 8 heteroatoms. The zero-order chi connectivity index (χ0) is 21.5. The molecule has 0 atom stereocenters. The molecule has 2 aromatic rings. The van der Waals surface area contributed by atoms with Gasteiger partial charge < -0.3 is 14.8 Å². The molecule has 2 aromatic carbocycles. The van der Waals surface area contributed by atoms with E-state index >= 15 is 0 Å². The topological polar surface area (TPSA) is 84.9 Å². The van der Waals surface area contributed by atoms with Crippen LogP contribution < -0.4 is 14.8 Å². The molecule has 0 saturated carbocycles. The fourth-order valence-corrected chi connectivity index (χ4v) is 3.98. The number of hydrogen-bond donors (Lipinski definition) is 1. The summed E-state index contributed by atoms with van der Waals surface area (Å²) in [5.74, 6) is 1.68. The molecule has 0 spiro atoms. The number of nitrogens with one attached hydrogen (secondary N) is 1. The van der Waals surface area contributed by atoms with Crippen molar-refractivity contribution < 1.29 is 23.9 Å². The van der Waals surface area contributed by atoms with Crippen molar-refractivity contribution in [3.63, 3.8) is 0 Å². The van der Waals surface area contributed by atoms with Gasteiger partial charge in [-0.3, -0.25) is 19.3 Å². The second-order valence-corrected chi connectivity index (χ2v) is 7.79. The molecular weight excluding hydrogens is 404 g/mol. The van der Waals surface area contributed by atoms with Crippen molar-refractivity contribution in [3.8, 4) is 11.5 Å². The third-order valence-corrected chi connectivity index (χ3v) is 5.76. The molecule has 0 aromatic heterocycles. The Hall–Kier alpha value is -3.00. The number of rotatable bonds is 10. The van der Waals surface area contributed by atoms with Crippen LogP contribution in [-0.4, -0.2) is 54.9 Å². The first-order chi connectivity index (χ1) is 14.5. The molecular formula is C22H24N2O5S. The number of fused-ring (bicyclic) bond motifs is 1. The number of anilines is 1. The van der Waals surface area contributed by atoms with E-state index in [2.05, 4.69) is 5.32 Å². The predicted octanol–water partition coefficient (Wildman–Crippen LogP) is 3.45. The Morgan fingerprint density at radius 3 is 2.33 bits per heavy atom. The number of unbranched alkanes of at least 4 members (excludes halogenated alkanes) is 1. The number of nitrogens with zero attached hydrogens (tertiary/aromatic N) is 1. The molecule has 0 fully saturated rings. The van der Waals surface area contributed by atoms with Crippen LogP contribution in [0, 0.1) is 0 Å². The van der Waals surface area contributed by atoms with Crippen LogP contribution in [-0.2, 0) is 4.79 Å². The zero-order valence-corrected chi connectivity index (χ0v) is 17.8. The Kier molecular flexibility index (Phi) is 7.35. The molecule has 0 bridgehead atoms. The largest absolute Gasteiger partial charge is 0.497 e. The van der Waals surface area contributed by atoms with Crippen molar-refractivity contribution in [1.82, 2.24) is 4.90 Å². The molecule has 3 rings (SSSR count). The van der Waals surface area contributed by atoms with Gasteiger partial charge in [0.05, 0.1) is 36.8 Å². The van der Waals surface area contributed by atoms with Crippen molar-refractivity contribution in [2.24, 2.45) is 0 Å². The van der Waals surface area contributed by atoms with Crippen LogP contribution in [0.1, 0.15) is 33.6 Å². The Labute approximate surface area is 179 Å². The fraction of sp³-hybridized carbons (Fsp3) is 0.318. The van der Waals surface area contributed by atoms with Gasteiger partial charge in [0.1, 0.15) is 11.5 Å². The highest BCUT2D eigenvalue weighted by atomic mass is 32.2. The molecule has 0 aliphatic carbocycles. The number of thioether (sulfide) groups is 1. The molecule has 1 N–H and O–H groups in total. The van der Waals surface area contributed by atoms with E-state index in [4.69, 9.17) is 9.47 Å². The summed E-state index contributed by atoms with van der Waals surface area (Å²) in [5.41, 5.74) is 1.54. The quantitative estimate of drug-likeness (QED) is 0.461. The highest BCUT2D eigenvalue weighted by Gasteiger charge is 2.34. The fourth-order valence-electron chi connectivity index (χ4n) is 3.17. The molecule has 1 heterocycles. The minimum Gasteiger partial charge on any atom is -0.497 e. The Morgan fingerprint density at radius 1 is 1.00 bits per heavy atom. The lowest BCUT2D eigenvalue weighted by Crippen LogP contribution is -2.30. The van der Waals surface area contributed by atoms with Crippen LogP contribution in [0.15, 0.2) is 42.5 Å². The summed E-state index contributed by atoms with van der Waals surface area (Å²) in [6, 6.07) is 12.1. The molecule has 30 heavy (non-hydrogen) atoms. The number of hydrogen-bond acceptors (Lipinski definition) is 6. The van der Waals surface area contributed by atoms with Crippen molar-refractivity contribution in [1.29, 1.82) is 0 Å². The lowest BCUT2D eigenvalue weighted by molar-refractivity contribution is -0.113. The van der Waals surface area contributed by atoms with E-state index in [0.717, 1.165) is 12.2 Å². The Morgan fingerprint density at radius 2 is 1.70 bits per heavy atom. The van der Waals surface area contributed by atoms with Crippen LogP contribution in [0.4, 0.5) is 5.69 Å². The number of imide groups is 1. The summed E-state index contributed by atoms with van der Waals surface area (Å²) >= 11 is 1.51. The maximum atomic E-state index is 12.3. The standard InChI is InChI=1S/C22H24N2O5S/c1-28-15-9-10-18(19(13-15)29-2)23-20(25)14-30-12-6-5-11-24-21(26)16-7-3-4-8-17(16)22(24)27/h3-4,7-10,13H,5-6,11-12,14H2,1-2H3,(H,23,25). The smallest absolute Gasteiger partial charge is 0.261 e. The summed E-state index contributed by atoms with van der Waals surface area (Å²) < 4.78 is 10.4. The van der Waals surface area contributed by atoms with Gasteiger partial charge in [0.2, 0.25) is 5.91 Å². The maximum Gasteiger partial charge on any atom is 0.261 e. The van der Waals surface area contributed by atoms with Crippen LogP contribution >= 0.6 is 11.8 Å². The summed E-state index contributed by atoms with van der Waals surface area (Å²) in [6.45, 7) is 0.391. The third-order valence-electron chi connectivity index (χ3n) is 4.71. The van der Waals surface area contributed by atoms with Gasteiger partial charge in [-0.1, -0.05) is 12.1 Å². The average Bonchev–Trinajstić information content (AvgIpc) is 3.01. The Bertz CT molecular complexity index is 912. The molecule has 0 saturated heterocycles. The van der Waals surface area contributed by atoms with Gasteiger partial charge >= 0.3 is 0 Å². The SMILES string of the molecule is COc1ccc(NC(=O)CSCCCCN2C(=O)c3ccccc3C2=O)c(OC)c1. The first kappa shape index (κ1) is 21.7. The predicted molar refractivity (Wildman–Crippen MR) is 117 cm³/mol. The number of carbonyl (C=O) groups is 3. The van der Waals surface area contributed by atoms with Gasteiger partial charge in [0, 0.05) is 12.6 Å². The molecule has 7 nitrogen and oxygen atoms in total. The lowest BCUT2D eigenvalue weighted by atomic mass is 10.1. The number of ether oxygens (including phenoxy) is 2. The van der Waals surface area contributed by atoms with Gasteiger partial charge in [-0.05, 0) is 42.9 Å². The van der Waals surface area contributed by atoms with Gasteiger partial charge in [-0.25, -0.2) is 0 Å². The second kappa shape index (κ2) is 10.2. The number of benzene rings is 2. The summed E-state index contributed by atoms with van der Waals surface area (Å²) in [4.78, 5) is 38.1. The number of amides is 3. The van der Waals surface area contributed by atoms with Crippen LogP contribution in [0.3, 0.4) is 0 Å². The molecule has 1 aliphatic heterocycles. The molecule has 0 unspecified atom stereocenters. The highest BCUT2D eigenvalue weighted by molar-refractivity contribution is 7.99.